The van der Waals surface area contributed by atoms with Crippen LogP contribution in [0.5, 0.6) is 0 Å². The molecule has 0 aliphatic rings. The second-order valence-electron chi connectivity index (χ2n) is 3.88. The molecule has 0 aliphatic heterocycles. The highest BCUT2D eigenvalue weighted by Gasteiger charge is 1.99. The molecule has 0 saturated heterocycles. The summed E-state index contributed by atoms with van der Waals surface area (Å²) >= 11 is 1.72. The maximum atomic E-state index is 2.18. The minimum Gasteiger partial charge on any atom is -0.167 e. The monoisotopic (exact) mass is 238 g/mol. The molecule has 0 aliphatic carbocycles. The Morgan fingerprint density at radius 2 is 1.88 bits per heavy atom. The van der Waals surface area contributed by atoms with Crippen molar-refractivity contribution in [3.05, 3.63) is 70.7 Å². The third-order valence-corrected chi connectivity index (χ3v) is 3.38. The summed E-state index contributed by atoms with van der Waals surface area (Å²) in [5, 5.41) is 4.24. The predicted molar refractivity (Wildman–Crippen MR) is 72.8 cm³/mol. The number of thiophene rings is 1. The van der Waals surface area contributed by atoms with E-state index < -0.39 is 0 Å². The first-order chi connectivity index (χ1) is 8.42. The zero-order valence-electron chi connectivity index (χ0n) is 9.28. The Hall–Kier alpha value is -1.93. The highest BCUT2D eigenvalue weighted by Crippen LogP contribution is 2.11. The lowest BCUT2D eigenvalue weighted by Gasteiger charge is -1.93. The van der Waals surface area contributed by atoms with Crippen molar-refractivity contribution >= 4 is 29.0 Å². The van der Waals surface area contributed by atoms with Gasteiger partial charge in [-0.05, 0) is 34.0 Å². The van der Waals surface area contributed by atoms with Crippen molar-refractivity contribution in [1.29, 1.82) is 0 Å². The fraction of sp³-hybridized carbons (Fsp3) is 0. The fourth-order valence-corrected chi connectivity index (χ4v) is 2.41. The molecule has 0 N–H and O–H groups in total. The van der Waals surface area contributed by atoms with Gasteiger partial charge in [-0.2, -0.15) is 15.7 Å². The Morgan fingerprint density at radius 1 is 0.941 bits per heavy atom. The standard InChI is InChI=1S/C15H12NS/c1-2-8-16-9-6-13(11-15(16)3-1)4-5-14-7-10-17-12-14/h1-12H/q+1/b5-4+. The average molecular weight is 238 g/mol. The number of rotatable bonds is 2. The van der Waals surface area contributed by atoms with E-state index in [1.807, 2.05) is 6.07 Å². The van der Waals surface area contributed by atoms with E-state index >= 15 is 0 Å². The van der Waals surface area contributed by atoms with Crippen molar-refractivity contribution < 1.29 is 4.40 Å². The summed E-state index contributed by atoms with van der Waals surface area (Å²) < 4.78 is 2.11. The summed E-state index contributed by atoms with van der Waals surface area (Å²) in [7, 11) is 0. The van der Waals surface area contributed by atoms with E-state index in [1.165, 1.54) is 16.6 Å². The first-order valence-corrected chi connectivity index (χ1v) is 6.46. The van der Waals surface area contributed by atoms with Gasteiger partial charge >= 0.3 is 0 Å². The number of pyridine rings is 2. The van der Waals surface area contributed by atoms with Crippen LogP contribution in [0, 0.1) is 0 Å². The van der Waals surface area contributed by atoms with Gasteiger partial charge in [0.2, 0.25) is 5.52 Å². The minimum atomic E-state index is 1.21. The fourth-order valence-electron chi connectivity index (χ4n) is 1.78. The van der Waals surface area contributed by atoms with E-state index in [9.17, 15) is 0 Å². The summed E-state index contributed by atoms with van der Waals surface area (Å²) in [6.07, 6.45) is 8.44. The molecular weight excluding hydrogens is 226 g/mol. The van der Waals surface area contributed by atoms with Crippen LogP contribution in [0.4, 0.5) is 0 Å². The lowest BCUT2D eigenvalue weighted by Crippen LogP contribution is -2.19. The maximum Gasteiger partial charge on any atom is 0.211 e. The van der Waals surface area contributed by atoms with Gasteiger partial charge in [-0.15, -0.1) is 0 Å². The molecule has 0 atom stereocenters. The van der Waals surface area contributed by atoms with E-state index in [-0.39, 0.29) is 0 Å². The number of hydrogen-bond donors (Lipinski definition) is 0. The second-order valence-corrected chi connectivity index (χ2v) is 4.66. The molecule has 0 radical (unpaired) electrons. The van der Waals surface area contributed by atoms with Gasteiger partial charge in [0, 0.05) is 24.3 Å². The van der Waals surface area contributed by atoms with Gasteiger partial charge in [0.1, 0.15) is 0 Å². The molecule has 3 rings (SSSR count). The molecule has 82 valence electrons. The Labute approximate surface area is 104 Å². The van der Waals surface area contributed by atoms with Crippen LogP contribution in [-0.2, 0) is 0 Å². The lowest BCUT2D eigenvalue weighted by molar-refractivity contribution is -0.512. The van der Waals surface area contributed by atoms with Crippen LogP contribution in [0.25, 0.3) is 17.7 Å². The van der Waals surface area contributed by atoms with Crippen molar-refractivity contribution in [2.75, 3.05) is 0 Å². The zero-order chi connectivity index (χ0) is 11.5. The Kier molecular flexibility index (Phi) is 2.72. The molecule has 3 aromatic heterocycles. The number of aromatic nitrogens is 1. The van der Waals surface area contributed by atoms with Gasteiger partial charge in [-0.25, -0.2) is 0 Å². The van der Waals surface area contributed by atoms with Gasteiger partial charge in [-0.1, -0.05) is 12.2 Å². The topological polar surface area (TPSA) is 4.10 Å². The zero-order valence-corrected chi connectivity index (χ0v) is 10.1. The van der Waals surface area contributed by atoms with Crippen LogP contribution in [0.3, 0.4) is 0 Å². The quantitative estimate of drug-likeness (QED) is 0.600. The van der Waals surface area contributed by atoms with Crippen LogP contribution < -0.4 is 4.40 Å². The van der Waals surface area contributed by atoms with Crippen molar-refractivity contribution in [2.24, 2.45) is 0 Å². The first kappa shape index (κ1) is 10.2. The third kappa shape index (κ3) is 2.27. The van der Waals surface area contributed by atoms with Crippen LogP contribution in [0.2, 0.25) is 0 Å². The molecule has 17 heavy (non-hydrogen) atoms. The molecule has 0 saturated carbocycles. The largest absolute Gasteiger partial charge is 0.211 e. The lowest BCUT2D eigenvalue weighted by atomic mass is 10.2. The van der Waals surface area contributed by atoms with Crippen molar-refractivity contribution in [3.8, 4) is 0 Å². The molecule has 3 heterocycles. The van der Waals surface area contributed by atoms with E-state index in [0.29, 0.717) is 0 Å². The molecular formula is C15H12NS+. The molecule has 2 heteroatoms. The number of nitrogens with zero attached hydrogens (tertiary/aromatic N) is 1. The summed E-state index contributed by atoms with van der Waals surface area (Å²) in [5.41, 5.74) is 3.69. The molecule has 0 fully saturated rings. The van der Waals surface area contributed by atoms with Gasteiger partial charge in [0.15, 0.2) is 12.4 Å². The maximum absolute atomic E-state index is 2.18. The molecule has 0 amide bonds. The van der Waals surface area contributed by atoms with Gasteiger partial charge in [0.05, 0.1) is 0 Å². The summed E-state index contributed by atoms with van der Waals surface area (Å²) in [6, 6.07) is 12.6. The third-order valence-electron chi connectivity index (χ3n) is 2.68. The molecule has 3 aromatic rings. The smallest absolute Gasteiger partial charge is 0.167 e. The van der Waals surface area contributed by atoms with Crippen LogP contribution in [-0.4, -0.2) is 0 Å². The molecule has 0 bridgehead atoms. The van der Waals surface area contributed by atoms with Crippen LogP contribution in [0.1, 0.15) is 11.1 Å². The summed E-state index contributed by atoms with van der Waals surface area (Å²) in [4.78, 5) is 0. The number of fused-ring (bicyclic) bond motifs is 1. The average Bonchev–Trinajstić information content (AvgIpc) is 2.89. The van der Waals surface area contributed by atoms with E-state index in [0.717, 1.165) is 0 Å². The van der Waals surface area contributed by atoms with E-state index in [2.05, 4.69) is 70.0 Å². The van der Waals surface area contributed by atoms with Crippen molar-refractivity contribution in [2.45, 2.75) is 0 Å². The molecule has 1 nitrogen and oxygen atoms in total. The molecule has 0 aromatic carbocycles. The van der Waals surface area contributed by atoms with Crippen LogP contribution >= 0.6 is 11.3 Å². The SMILES string of the molecule is C(=C\c1cc[n+]2ccccc2c1)/c1ccsc1. The Morgan fingerprint density at radius 3 is 2.76 bits per heavy atom. The summed E-state index contributed by atoms with van der Waals surface area (Å²) in [6.45, 7) is 0. The second kappa shape index (κ2) is 4.52. The highest BCUT2D eigenvalue weighted by molar-refractivity contribution is 7.08. The predicted octanol–water partition coefficient (Wildman–Crippen LogP) is 3.66. The number of hydrogen-bond acceptors (Lipinski definition) is 1. The van der Waals surface area contributed by atoms with E-state index in [1.54, 1.807) is 11.3 Å². The summed E-state index contributed by atoms with van der Waals surface area (Å²) in [5.74, 6) is 0. The van der Waals surface area contributed by atoms with Crippen LogP contribution in [0.15, 0.2) is 59.6 Å². The van der Waals surface area contributed by atoms with Gasteiger partial charge in [-0.3, -0.25) is 0 Å². The normalized spacial score (nSPS) is 11.3. The molecule has 0 spiro atoms. The first-order valence-electron chi connectivity index (χ1n) is 5.52. The van der Waals surface area contributed by atoms with Crippen molar-refractivity contribution in [1.82, 2.24) is 0 Å². The van der Waals surface area contributed by atoms with Gasteiger partial charge in [0.25, 0.3) is 0 Å². The molecule has 0 unspecified atom stereocenters. The Bertz CT molecular complexity index is 654. The van der Waals surface area contributed by atoms with Crippen molar-refractivity contribution in [3.63, 3.8) is 0 Å². The van der Waals surface area contributed by atoms with E-state index in [4.69, 9.17) is 0 Å². The van der Waals surface area contributed by atoms with Gasteiger partial charge < -0.3 is 0 Å². The Balaban J connectivity index is 1.96. The minimum absolute atomic E-state index is 1.21. The highest BCUT2D eigenvalue weighted by atomic mass is 32.1.